The van der Waals surface area contributed by atoms with Crippen LogP contribution in [-0.2, 0) is 11.2 Å². The summed E-state index contributed by atoms with van der Waals surface area (Å²) in [6.07, 6.45) is 2.09. The molecule has 1 fully saturated rings. The monoisotopic (exact) mass is 484 g/mol. The Morgan fingerprint density at radius 3 is 2.56 bits per heavy atom. The summed E-state index contributed by atoms with van der Waals surface area (Å²) in [5, 5.41) is 3.73. The van der Waals surface area contributed by atoms with E-state index in [4.69, 9.17) is 13.9 Å². The maximum atomic E-state index is 13.3. The van der Waals surface area contributed by atoms with Crippen molar-refractivity contribution < 1.29 is 23.5 Å². The van der Waals surface area contributed by atoms with E-state index in [0.717, 1.165) is 40.9 Å². The van der Waals surface area contributed by atoms with Crippen LogP contribution in [0.25, 0.3) is 11.0 Å². The zero-order valence-electron chi connectivity index (χ0n) is 20.3. The number of furan rings is 1. The van der Waals surface area contributed by atoms with Gasteiger partial charge in [0.1, 0.15) is 17.1 Å². The fourth-order valence-electron chi connectivity index (χ4n) is 4.76. The highest BCUT2D eigenvalue weighted by Gasteiger charge is 2.32. The molecule has 1 saturated heterocycles. The highest BCUT2D eigenvalue weighted by Crippen LogP contribution is 2.39. The van der Waals surface area contributed by atoms with Crippen molar-refractivity contribution in [3.05, 3.63) is 89.7 Å². The Morgan fingerprint density at radius 1 is 1.00 bits per heavy atom. The summed E-state index contributed by atoms with van der Waals surface area (Å²) < 4.78 is 16.6. The van der Waals surface area contributed by atoms with E-state index < -0.39 is 0 Å². The lowest BCUT2D eigenvalue weighted by atomic mass is 10.0. The summed E-state index contributed by atoms with van der Waals surface area (Å²) in [5.41, 5.74) is 3.15. The molecule has 0 bridgehead atoms. The third-order valence-electron chi connectivity index (χ3n) is 6.59. The number of likely N-dealkylation sites (tertiary alicyclic amines) is 1. The fourth-order valence-corrected chi connectivity index (χ4v) is 4.76. The maximum absolute atomic E-state index is 13.3. The van der Waals surface area contributed by atoms with Crippen molar-refractivity contribution in [3.8, 4) is 11.5 Å². The van der Waals surface area contributed by atoms with Gasteiger partial charge in [-0.25, -0.2) is 0 Å². The van der Waals surface area contributed by atoms with Gasteiger partial charge in [0.15, 0.2) is 5.76 Å². The number of hydrogen-bond donors (Lipinski definition) is 1. The molecule has 4 aromatic rings. The van der Waals surface area contributed by atoms with Gasteiger partial charge in [-0.3, -0.25) is 9.59 Å². The van der Waals surface area contributed by atoms with E-state index >= 15 is 0 Å². The Bertz CT molecular complexity index is 1360. The van der Waals surface area contributed by atoms with E-state index in [0.29, 0.717) is 17.8 Å². The summed E-state index contributed by atoms with van der Waals surface area (Å²) in [6.45, 7) is 0.704. The predicted octanol–water partition coefficient (Wildman–Crippen LogP) is 5.61. The van der Waals surface area contributed by atoms with Gasteiger partial charge >= 0.3 is 0 Å². The first kappa shape index (κ1) is 23.5. The predicted molar refractivity (Wildman–Crippen MR) is 138 cm³/mol. The Morgan fingerprint density at radius 2 is 1.81 bits per heavy atom. The molecular weight excluding hydrogens is 456 g/mol. The lowest BCUT2D eigenvalue weighted by molar-refractivity contribution is -0.131. The number of methoxy groups -OCH3 is 2. The average molecular weight is 485 g/mol. The molecule has 7 nitrogen and oxygen atoms in total. The van der Waals surface area contributed by atoms with Crippen molar-refractivity contribution in [2.75, 3.05) is 26.1 Å². The van der Waals surface area contributed by atoms with Crippen LogP contribution in [-0.4, -0.2) is 37.5 Å². The lowest BCUT2D eigenvalue weighted by Crippen LogP contribution is -2.32. The number of rotatable bonds is 7. The van der Waals surface area contributed by atoms with Gasteiger partial charge in [-0.1, -0.05) is 30.3 Å². The van der Waals surface area contributed by atoms with Crippen LogP contribution in [0.4, 0.5) is 5.69 Å². The van der Waals surface area contributed by atoms with E-state index in [-0.39, 0.29) is 30.0 Å². The standard InChI is InChI=1S/C29H28N2O5/c1-34-22-13-14-26(35-2)23(18-22)24-7-5-15-31(24)28(32)16-19-9-11-21(12-10-19)30-29(33)27-17-20-6-3-4-8-25(20)36-27/h3-4,6,8-14,17-18,24H,5,7,15-16H2,1-2H3,(H,30,33). The Hall–Kier alpha value is -4.26. The molecule has 1 atom stereocenters. The first-order chi connectivity index (χ1) is 17.6. The van der Waals surface area contributed by atoms with Crippen LogP contribution in [0.2, 0.25) is 0 Å². The van der Waals surface area contributed by atoms with Gasteiger partial charge in [0, 0.05) is 23.2 Å². The third kappa shape index (κ3) is 4.77. The quantitative estimate of drug-likeness (QED) is 0.369. The Kier molecular flexibility index (Phi) is 6.62. The van der Waals surface area contributed by atoms with Crippen molar-refractivity contribution in [1.82, 2.24) is 4.90 Å². The zero-order valence-corrected chi connectivity index (χ0v) is 20.3. The van der Waals surface area contributed by atoms with Crippen LogP contribution in [0.1, 0.15) is 40.6 Å². The topological polar surface area (TPSA) is 81.0 Å². The fraction of sp³-hybridized carbons (Fsp3) is 0.241. The molecule has 0 saturated carbocycles. The van der Waals surface area contributed by atoms with Crippen molar-refractivity contribution >= 4 is 28.5 Å². The normalized spacial score (nSPS) is 15.2. The molecule has 0 aliphatic carbocycles. The first-order valence-electron chi connectivity index (χ1n) is 12.0. The lowest BCUT2D eigenvalue weighted by Gasteiger charge is -2.27. The number of para-hydroxylation sites is 1. The molecule has 184 valence electrons. The van der Waals surface area contributed by atoms with E-state index in [9.17, 15) is 9.59 Å². The van der Waals surface area contributed by atoms with Gasteiger partial charge in [0.05, 0.1) is 26.7 Å². The van der Waals surface area contributed by atoms with Crippen LogP contribution in [0.3, 0.4) is 0 Å². The summed E-state index contributed by atoms with van der Waals surface area (Å²) >= 11 is 0. The molecule has 1 aliphatic heterocycles. The molecule has 0 radical (unpaired) electrons. The molecule has 1 unspecified atom stereocenters. The second-order valence-electron chi connectivity index (χ2n) is 8.83. The number of nitrogens with zero attached hydrogens (tertiary/aromatic N) is 1. The molecule has 5 rings (SSSR count). The molecule has 3 aromatic carbocycles. The van der Waals surface area contributed by atoms with E-state index in [2.05, 4.69) is 5.32 Å². The molecular formula is C29H28N2O5. The van der Waals surface area contributed by atoms with Gasteiger partial charge in [-0.05, 0) is 60.9 Å². The second kappa shape index (κ2) is 10.2. The SMILES string of the molecule is COc1ccc(OC)c(C2CCCN2C(=O)Cc2ccc(NC(=O)c3cc4ccccc4o3)cc2)c1. The second-order valence-corrected chi connectivity index (χ2v) is 8.83. The maximum Gasteiger partial charge on any atom is 0.291 e. The number of carbonyl (C=O) groups is 2. The van der Waals surface area contributed by atoms with Gasteiger partial charge in [0.2, 0.25) is 5.91 Å². The van der Waals surface area contributed by atoms with Crippen LogP contribution in [0.5, 0.6) is 11.5 Å². The van der Waals surface area contributed by atoms with E-state index in [1.54, 1.807) is 32.4 Å². The minimum Gasteiger partial charge on any atom is -0.497 e. The van der Waals surface area contributed by atoms with Gasteiger partial charge in [0.25, 0.3) is 5.91 Å². The molecule has 36 heavy (non-hydrogen) atoms. The van der Waals surface area contributed by atoms with Crippen molar-refractivity contribution in [2.24, 2.45) is 0 Å². The molecule has 7 heteroatoms. The molecule has 2 amide bonds. The molecule has 2 heterocycles. The van der Waals surface area contributed by atoms with Gasteiger partial charge in [-0.2, -0.15) is 0 Å². The van der Waals surface area contributed by atoms with Gasteiger partial charge in [-0.15, -0.1) is 0 Å². The largest absolute Gasteiger partial charge is 0.497 e. The smallest absolute Gasteiger partial charge is 0.291 e. The number of ether oxygens (including phenoxy) is 2. The summed E-state index contributed by atoms with van der Waals surface area (Å²) in [6, 6.07) is 22.2. The zero-order chi connectivity index (χ0) is 25.1. The molecule has 1 N–H and O–H groups in total. The summed E-state index contributed by atoms with van der Waals surface area (Å²) in [5.74, 6) is 1.49. The van der Waals surface area contributed by atoms with E-state index in [1.807, 2.05) is 59.5 Å². The highest BCUT2D eigenvalue weighted by atomic mass is 16.5. The number of hydrogen-bond acceptors (Lipinski definition) is 5. The molecule has 0 spiro atoms. The van der Waals surface area contributed by atoms with Crippen LogP contribution in [0.15, 0.2) is 77.2 Å². The number of nitrogens with one attached hydrogen (secondary N) is 1. The summed E-state index contributed by atoms with van der Waals surface area (Å²) in [7, 11) is 3.27. The third-order valence-corrected chi connectivity index (χ3v) is 6.59. The Labute approximate surface area is 209 Å². The molecule has 1 aliphatic rings. The number of benzene rings is 3. The number of anilines is 1. The minimum absolute atomic E-state index is 0.0510. The van der Waals surface area contributed by atoms with Crippen LogP contribution >= 0.6 is 0 Å². The van der Waals surface area contributed by atoms with E-state index in [1.165, 1.54) is 0 Å². The minimum atomic E-state index is -0.317. The van der Waals surface area contributed by atoms with Gasteiger partial charge < -0.3 is 24.1 Å². The van der Waals surface area contributed by atoms with Crippen molar-refractivity contribution in [1.29, 1.82) is 0 Å². The number of carbonyl (C=O) groups excluding carboxylic acids is 2. The number of fused-ring (bicyclic) bond motifs is 1. The number of amides is 2. The Balaban J connectivity index is 1.25. The van der Waals surface area contributed by atoms with Crippen LogP contribution < -0.4 is 14.8 Å². The van der Waals surface area contributed by atoms with Crippen molar-refractivity contribution in [2.45, 2.75) is 25.3 Å². The van der Waals surface area contributed by atoms with Crippen molar-refractivity contribution in [3.63, 3.8) is 0 Å². The average Bonchev–Trinajstić information content (AvgIpc) is 3.57. The first-order valence-corrected chi connectivity index (χ1v) is 12.0. The molecule has 1 aromatic heterocycles. The summed E-state index contributed by atoms with van der Waals surface area (Å²) in [4.78, 5) is 27.8. The highest BCUT2D eigenvalue weighted by molar-refractivity contribution is 6.04. The van der Waals surface area contributed by atoms with Crippen LogP contribution in [0, 0.1) is 0 Å².